The van der Waals surface area contributed by atoms with Gasteiger partial charge in [0.2, 0.25) is 0 Å². The first-order valence-electron chi connectivity index (χ1n) is 5.15. The maximum atomic E-state index is 9.38. The van der Waals surface area contributed by atoms with E-state index in [9.17, 15) is 5.11 Å². The van der Waals surface area contributed by atoms with Crippen molar-refractivity contribution in [3.63, 3.8) is 0 Å². The van der Waals surface area contributed by atoms with Crippen LogP contribution in [0.5, 0.6) is 5.75 Å². The van der Waals surface area contributed by atoms with Crippen LogP contribution in [0, 0.1) is 0 Å². The number of phenolic OH excluding ortho intramolecular Hbond substituents is 1. The predicted octanol–water partition coefficient (Wildman–Crippen LogP) is 2.41. The number of aromatic nitrogens is 1. The van der Waals surface area contributed by atoms with Crippen molar-refractivity contribution in [3.05, 3.63) is 35.3 Å². The van der Waals surface area contributed by atoms with Gasteiger partial charge >= 0.3 is 0 Å². The molecule has 0 bridgehead atoms. The summed E-state index contributed by atoms with van der Waals surface area (Å²) in [6.07, 6.45) is 2.70. The monoisotopic (exact) mass is 234 g/mol. The van der Waals surface area contributed by atoms with Crippen LogP contribution in [0.3, 0.4) is 0 Å². The Labute approximate surface area is 98.6 Å². The third kappa shape index (κ3) is 2.59. The molecular formula is C12H14N2OS. The fourth-order valence-electron chi connectivity index (χ4n) is 1.49. The maximum Gasteiger partial charge on any atom is 0.123 e. The van der Waals surface area contributed by atoms with Gasteiger partial charge in [0, 0.05) is 22.7 Å². The Morgan fingerprint density at radius 1 is 1.50 bits per heavy atom. The van der Waals surface area contributed by atoms with E-state index in [0.29, 0.717) is 0 Å². The molecule has 1 aromatic heterocycles. The highest BCUT2D eigenvalue weighted by Gasteiger charge is 2.06. The van der Waals surface area contributed by atoms with E-state index in [1.165, 1.54) is 4.88 Å². The summed E-state index contributed by atoms with van der Waals surface area (Å²) in [5.41, 5.74) is 6.68. The Hall–Kier alpha value is -1.39. The molecule has 1 atom stereocenters. The summed E-state index contributed by atoms with van der Waals surface area (Å²) in [5.74, 6) is 0.265. The second-order valence-corrected chi connectivity index (χ2v) is 4.98. The number of benzene rings is 1. The van der Waals surface area contributed by atoms with Crippen LogP contribution in [0.1, 0.15) is 11.8 Å². The Morgan fingerprint density at radius 2 is 2.31 bits per heavy atom. The fraction of sp³-hybridized carbons (Fsp3) is 0.250. The van der Waals surface area contributed by atoms with Gasteiger partial charge in [0.05, 0.1) is 0 Å². The molecule has 1 aromatic carbocycles. The first-order chi connectivity index (χ1) is 7.65. The molecule has 4 heteroatoms. The van der Waals surface area contributed by atoms with Crippen molar-refractivity contribution < 1.29 is 5.11 Å². The summed E-state index contributed by atoms with van der Waals surface area (Å²) in [5, 5.41) is 10.3. The summed E-state index contributed by atoms with van der Waals surface area (Å²) in [7, 11) is 0. The van der Waals surface area contributed by atoms with Crippen LogP contribution in [0.15, 0.2) is 30.5 Å². The smallest absolute Gasteiger partial charge is 0.123 e. The number of nitrogens with zero attached hydrogens (tertiary/aromatic N) is 1. The zero-order valence-electron chi connectivity index (χ0n) is 9.05. The van der Waals surface area contributed by atoms with E-state index in [1.54, 1.807) is 23.5 Å². The van der Waals surface area contributed by atoms with E-state index >= 15 is 0 Å². The molecule has 16 heavy (non-hydrogen) atoms. The Balaban J connectivity index is 2.24. The highest BCUT2D eigenvalue weighted by molar-refractivity contribution is 7.15. The molecule has 3 nitrogen and oxygen atoms in total. The van der Waals surface area contributed by atoms with E-state index in [-0.39, 0.29) is 11.8 Å². The van der Waals surface area contributed by atoms with Gasteiger partial charge in [0.1, 0.15) is 10.8 Å². The van der Waals surface area contributed by atoms with Crippen LogP contribution in [-0.4, -0.2) is 16.1 Å². The van der Waals surface area contributed by atoms with Crippen LogP contribution in [0.25, 0.3) is 10.6 Å². The van der Waals surface area contributed by atoms with E-state index in [0.717, 1.165) is 17.0 Å². The molecule has 0 aliphatic rings. The molecule has 1 unspecified atom stereocenters. The second-order valence-electron chi connectivity index (χ2n) is 3.86. The lowest BCUT2D eigenvalue weighted by molar-refractivity contribution is 0.475. The number of rotatable bonds is 3. The lowest BCUT2D eigenvalue weighted by atomic mass is 10.2. The third-order valence-corrected chi connectivity index (χ3v) is 3.24. The van der Waals surface area contributed by atoms with Crippen LogP contribution in [0.4, 0.5) is 0 Å². The number of thiazole rings is 1. The molecule has 0 saturated carbocycles. The SMILES string of the molecule is CC(N)Cc1cnc(-c2cccc(O)c2)s1. The van der Waals surface area contributed by atoms with Gasteiger partial charge in [-0.1, -0.05) is 12.1 Å². The lowest BCUT2D eigenvalue weighted by Crippen LogP contribution is -2.16. The first kappa shape index (κ1) is 11.1. The third-order valence-electron chi connectivity index (χ3n) is 2.17. The molecular weight excluding hydrogens is 220 g/mol. The molecule has 2 aromatic rings. The number of nitrogens with two attached hydrogens (primary N) is 1. The van der Waals surface area contributed by atoms with Crippen LogP contribution >= 0.6 is 11.3 Å². The van der Waals surface area contributed by atoms with Crippen LogP contribution in [-0.2, 0) is 6.42 Å². The molecule has 0 spiro atoms. The van der Waals surface area contributed by atoms with Gasteiger partial charge in [-0.05, 0) is 25.5 Å². The van der Waals surface area contributed by atoms with Crippen molar-refractivity contribution in [2.24, 2.45) is 5.73 Å². The van der Waals surface area contributed by atoms with Crippen LogP contribution in [0.2, 0.25) is 0 Å². The van der Waals surface area contributed by atoms with Crippen molar-refractivity contribution in [2.75, 3.05) is 0 Å². The van der Waals surface area contributed by atoms with Crippen molar-refractivity contribution >= 4 is 11.3 Å². The molecule has 0 fully saturated rings. The summed E-state index contributed by atoms with van der Waals surface area (Å²) in [6.45, 7) is 1.98. The maximum absolute atomic E-state index is 9.38. The Morgan fingerprint density at radius 3 is 3.00 bits per heavy atom. The fourth-order valence-corrected chi connectivity index (χ4v) is 2.54. The zero-order chi connectivity index (χ0) is 11.5. The predicted molar refractivity (Wildman–Crippen MR) is 66.6 cm³/mol. The standard InChI is InChI=1S/C12H14N2OS/c1-8(13)5-11-7-14-12(16-11)9-3-2-4-10(15)6-9/h2-4,6-8,15H,5,13H2,1H3. The summed E-state index contributed by atoms with van der Waals surface area (Å²) < 4.78 is 0. The van der Waals surface area contributed by atoms with Crippen LogP contribution < -0.4 is 5.73 Å². The molecule has 0 saturated heterocycles. The zero-order valence-corrected chi connectivity index (χ0v) is 9.87. The minimum absolute atomic E-state index is 0.150. The molecule has 84 valence electrons. The van der Waals surface area contributed by atoms with E-state index in [2.05, 4.69) is 4.98 Å². The normalized spacial score (nSPS) is 12.6. The Kier molecular flexibility index (Phi) is 3.22. The molecule has 3 N–H and O–H groups in total. The average molecular weight is 234 g/mol. The van der Waals surface area contributed by atoms with Crippen molar-refractivity contribution in [1.82, 2.24) is 4.98 Å². The van der Waals surface area contributed by atoms with Gasteiger partial charge in [0.15, 0.2) is 0 Å². The largest absolute Gasteiger partial charge is 0.508 e. The number of phenols is 1. The first-order valence-corrected chi connectivity index (χ1v) is 5.96. The van der Waals surface area contributed by atoms with E-state index in [1.807, 2.05) is 25.3 Å². The quantitative estimate of drug-likeness (QED) is 0.857. The van der Waals surface area contributed by atoms with Gasteiger partial charge < -0.3 is 10.8 Å². The number of aromatic hydroxyl groups is 1. The summed E-state index contributed by atoms with van der Waals surface area (Å²) in [6, 6.07) is 7.28. The van der Waals surface area contributed by atoms with Crippen molar-refractivity contribution in [3.8, 4) is 16.3 Å². The molecule has 0 aliphatic carbocycles. The summed E-state index contributed by atoms with van der Waals surface area (Å²) >= 11 is 1.62. The average Bonchev–Trinajstić information content (AvgIpc) is 2.65. The highest BCUT2D eigenvalue weighted by atomic mass is 32.1. The topological polar surface area (TPSA) is 59.1 Å². The minimum Gasteiger partial charge on any atom is -0.508 e. The molecule has 0 radical (unpaired) electrons. The number of hydrogen-bond acceptors (Lipinski definition) is 4. The molecule has 0 amide bonds. The molecule has 1 heterocycles. The summed E-state index contributed by atoms with van der Waals surface area (Å²) in [4.78, 5) is 5.51. The van der Waals surface area contributed by atoms with Crippen molar-refractivity contribution in [1.29, 1.82) is 0 Å². The molecule has 2 rings (SSSR count). The molecule has 0 aliphatic heterocycles. The minimum atomic E-state index is 0.150. The van der Waals surface area contributed by atoms with Crippen molar-refractivity contribution in [2.45, 2.75) is 19.4 Å². The van der Waals surface area contributed by atoms with Gasteiger partial charge in [-0.15, -0.1) is 11.3 Å². The van der Waals surface area contributed by atoms with E-state index in [4.69, 9.17) is 5.73 Å². The van der Waals surface area contributed by atoms with Gasteiger partial charge in [-0.3, -0.25) is 0 Å². The van der Waals surface area contributed by atoms with Gasteiger partial charge in [-0.2, -0.15) is 0 Å². The Bertz CT molecular complexity index is 479. The van der Waals surface area contributed by atoms with E-state index < -0.39 is 0 Å². The number of hydrogen-bond donors (Lipinski definition) is 2. The lowest BCUT2D eigenvalue weighted by Gasteiger charge is -1.99. The second kappa shape index (κ2) is 4.63. The highest BCUT2D eigenvalue weighted by Crippen LogP contribution is 2.27. The van der Waals surface area contributed by atoms with Gasteiger partial charge in [-0.25, -0.2) is 4.98 Å². The van der Waals surface area contributed by atoms with Gasteiger partial charge in [0.25, 0.3) is 0 Å².